The van der Waals surface area contributed by atoms with Crippen molar-refractivity contribution in [2.75, 3.05) is 18.4 Å². The fourth-order valence-corrected chi connectivity index (χ4v) is 1.39. The summed E-state index contributed by atoms with van der Waals surface area (Å²) in [6.07, 6.45) is 3.07. The molecule has 2 rings (SSSR count). The standard InChI is InChI=1S/C9H13N5O2/c10-8(15)5-14-4-7(3-12-14)13-9(16)6-1-11-2-6/h3-4,6,11H,1-2,5H2,(H2,10,15)(H,13,16). The molecule has 0 aromatic carbocycles. The van der Waals surface area contributed by atoms with Crippen molar-refractivity contribution in [3.05, 3.63) is 12.4 Å². The van der Waals surface area contributed by atoms with Crippen LogP contribution in [0.25, 0.3) is 0 Å². The second kappa shape index (κ2) is 4.31. The van der Waals surface area contributed by atoms with Crippen LogP contribution < -0.4 is 16.4 Å². The summed E-state index contributed by atoms with van der Waals surface area (Å²) in [6.45, 7) is 1.43. The zero-order valence-corrected chi connectivity index (χ0v) is 8.64. The molecule has 86 valence electrons. The highest BCUT2D eigenvalue weighted by Crippen LogP contribution is 2.09. The zero-order chi connectivity index (χ0) is 11.5. The van der Waals surface area contributed by atoms with Crippen LogP contribution in [0, 0.1) is 5.92 Å². The van der Waals surface area contributed by atoms with Crippen LogP contribution >= 0.6 is 0 Å². The first-order valence-electron chi connectivity index (χ1n) is 4.97. The first-order valence-corrected chi connectivity index (χ1v) is 4.97. The Morgan fingerprint density at radius 3 is 2.94 bits per heavy atom. The summed E-state index contributed by atoms with van der Waals surface area (Å²) in [5.41, 5.74) is 5.60. The van der Waals surface area contributed by atoms with Gasteiger partial charge in [0, 0.05) is 19.3 Å². The monoisotopic (exact) mass is 223 g/mol. The van der Waals surface area contributed by atoms with E-state index in [0.29, 0.717) is 18.8 Å². The molecule has 0 atom stereocenters. The minimum absolute atomic E-state index is 0.0147. The molecular weight excluding hydrogens is 210 g/mol. The van der Waals surface area contributed by atoms with Crippen molar-refractivity contribution in [1.29, 1.82) is 0 Å². The number of carbonyl (C=O) groups is 2. The van der Waals surface area contributed by atoms with Crippen molar-refractivity contribution in [2.24, 2.45) is 11.7 Å². The maximum absolute atomic E-state index is 11.5. The van der Waals surface area contributed by atoms with Crippen molar-refractivity contribution < 1.29 is 9.59 Å². The highest BCUT2D eigenvalue weighted by Gasteiger charge is 2.24. The smallest absolute Gasteiger partial charge is 0.239 e. The van der Waals surface area contributed by atoms with Crippen molar-refractivity contribution in [3.63, 3.8) is 0 Å². The molecule has 4 N–H and O–H groups in total. The first-order chi connectivity index (χ1) is 7.65. The van der Waals surface area contributed by atoms with Crippen LogP contribution in [0.15, 0.2) is 12.4 Å². The zero-order valence-electron chi connectivity index (χ0n) is 8.64. The van der Waals surface area contributed by atoms with Gasteiger partial charge in [-0.1, -0.05) is 0 Å². The van der Waals surface area contributed by atoms with E-state index in [0.717, 1.165) is 0 Å². The van der Waals surface area contributed by atoms with Gasteiger partial charge in [0.1, 0.15) is 6.54 Å². The van der Waals surface area contributed by atoms with Gasteiger partial charge in [0.15, 0.2) is 0 Å². The van der Waals surface area contributed by atoms with Crippen LogP contribution in [-0.2, 0) is 16.1 Å². The fraction of sp³-hybridized carbons (Fsp3) is 0.444. The molecule has 0 unspecified atom stereocenters. The third-order valence-electron chi connectivity index (χ3n) is 2.37. The number of anilines is 1. The molecule has 1 aliphatic heterocycles. The molecule has 1 aliphatic rings. The van der Waals surface area contributed by atoms with Crippen LogP contribution in [0.1, 0.15) is 0 Å². The molecule has 1 aromatic rings. The second-order valence-corrected chi connectivity index (χ2v) is 3.74. The van der Waals surface area contributed by atoms with E-state index in [-0.39, 0.29) is 18.4 Å². The van der Waals surface area contributed by atoms with Gasteiger partial charge < -0.3 is 16.4 Å². The molecule has 1 aromatic heterocycles. The van der Waals surface area contributed by atoms with Crippen LogP contribution in [0.5, 0.6) is 0 Å². The highest BCUT2D eigenvalue weighted by atomic mass is 16.2. The maximum Gasteiger partial charge on any atom is 0.239 e. The van der Waals surface area contributed by atoms with Gasteiger partial charge in [-0.15, -0.1) is 0 Å². The lowest BCUT2D eigenvalue weighted by molar-refractivity contribution is -0.121. The van der Waals surface area contributed by atoms with Crippen molar-refractivity contribution >= 4 is 17.5 Å². The molecule has 16 heavy (non-hydrogen) atoms. The Labute approximate surface area is 92.0 Å². The largest absolute Gasteiger partial charge is 0.368 e. The van der Waals surface area contributed by atoms with Gasteiger partial charge in [-0.3, -0.25) is 14.3 Å². The minimum atomic E-state index is -0.468. The Kier molecular flexibility index (Phi) is 2.86. The maximum atomic E-state index is 11.5. The van der Waals surface area contributed by atoms with Gasteiger partial charge >= 0.3 is 0 Å². The summed E-state index contributed by atoms with van der Waals surface area (Å²) in [5.74, 6) is -0.471. The third-order valence-corrected chi connectivity index (χ3v) is 2.37. The summed E-state index contributed by atoms with van der Waals surface area (Å²) >= 11 is 0. The highest BCUT2D eigenvalue weighted by molar-refractivity contribution is 5.93. The number of aromatic nitrogens is 2. The van der Waals surface area contributed by atoms with Gasteiger partial charge in [0.25, 0.3) is 0 Å². The first kappa shape index (κ1) is 10.6. The van der Waals surface area contributed by atoms with Crippen LogP contribution in [0.3, 0.4) is 0 Å². The van der Waals surface area contributed by atoms with E-state index in [1.165, 1.54) is 10.9 Å². The quantitative estimate of drug-likeness (QED) is 0.579. The summed E-state index contributed by atoms with van der Waals surface area (Å²) in [4.78, 5) is 22.2. The van der Waals surface area contributed by atoms with Crippen LogP contribution in [0.2, 0.25) is 0 Å². The van der Waals surface area contributed by atoms with E-state index in [2.05, 4.69) is 15.7 Å². The molecule has 7 nitrogen and oxygen atoms in total. The Hall–Kier alpha value is -1.89. The van der Waals surface area contributed by atoms with Gasteiger partial charge in [-0.25, -0.2) is 0 Å². The van der Waals surface area contributed by atoms with E-state index in [1.54, 1.807) is 6.20 Å². The van der Waals surface area contributed by atoms with E-state index in [9.17, 15) is 9.59 Å². The second-order valence-electron chi connectivity index (χ2n) is 3.74. The Morgan fingerprint density at radius 1 is 1.62 bits per heavy atom. The number of rotatable bonds is 4. The average Bonchev–Trinajstić information content (AvgIpc) is 2.47. The molecular formula is C9H13N5O2. The topological polar surface area (TPSA) is 102 Å². The molecule has 2 heterocycles. The number of amides is 2. The number of nitrogens with one attached hydrogen (secondary N) is 2. The predicted octanol–water partition coefficient (Wildman–Crippen LogP) is -1.47. The molecule has 0 radical (unpaired) electrons. The Bertz CT molecular complexity index is 410. The van der Waals surface area contributed by atoms with Crippen molar-refractivity contribution in [1.82, 2.24) is 15.1 Å². The Balaban J connectivity index is 1.91. The summed E-state index contributed by atoms with van der Waals surface area (Å²) in [7, 11) is 0. The number of primary amides is 1. The fourth-order valence-electron chi connectivity index (χ4n) is 1.39. The number of hydrogen-bond donors (Lipinski definition) is 3. The molecule has 7 heteroatoms. The number of nitrogens with two attached hydrogens (primary N) is 1. The van der Waals surface area contributed by atoms with Gasteiger partial charge in [0.2, 0.25) is 11.8 Å². The summed E-state index contributed by atoms with van der Waals surface area (Å²) in [6, 6.07) is 0. The lowest BCUT2D eigenvalue weighted by atomic mass is 10.0. The molecule has 0 aliphatic carbocycles. The molecule has 0 spiro atoms. The lowest BCUT2D eigenvalue weighted by Crippen LogP contribution is -2.48. The van der Waals surface area contributed by atoms with Gasteiger partial charge in [-0.2, -0.15) is 5.10 Å². The summed E-state index contributed by atoms with van der Waals surface area (Å²) in [5, 5.41) is 9.64. The van der Waals surface area contributed by atoms with E-state index >= 15 is 0 Å². The molecule has 2 amide bonds. The number of hydrogen-bond acceptors (Lipinski definition) is 4. The minimum Gasteiger partial charge on any atom is -0.368 e. The van der Waals surface area contributed by atoms with Gasteiger partial charge in [-0.05, 0) is 0 Å². The molecule has 1 fully saturated rings. The lowest BCUT2D eigenvalue weighted by Gasteiger charge is -2.25. The normalized spacial score (nSPS) is 15.5. The average molecular weight is 223 g/mol. The van der Waals surface area contributed by atoms with E-state index < -0.39 is 5.91 Å². The van der Waals surface area contributed by atoms with E-state index in [1.807, 2.05) is 0 Å². The number of carbonyl (C=O) groups excluding carboxylic acids is 2. The molecule has 1 saturated heterocycles. The Morgan fingerprint density at radius 2 is 2.38 bits per heavy atom. The van der Waals surface area contributed by atoms with E-state index in [4.69, 9.17) is 5.73 Å². The SMILES string of the molecule is NC(=O)Cn1cc(NC(=O)C2CNC2)cn1. The van der Waals surface area contributed by atoms with Crippen LogP contribution in [0.4, 0.5) is 5.69 Å². The molecule has 0 saturated carbocycles. The summed E-state index contributed by atoms with van der Waals surface area (Å²) < 4.78 is 1.39. The van der Waals surface area contributed by atoms with Crippen molar-refractivity contribution in [3.8, 4) is 0 Å². The third kappa shape index (κ3) is 2.37. The predicted molar refractivity (Wildman–Crippen MR) is 56.4 cm³/mol. The number of nitrogens with zero attached hydrogens (tertiary/aromatic N) is 2. The van der Waals surface area contributed by atoms with Gasteiger partial charge in [0.05, 0.1) is 17.8 Å². The van der Waals surface area contributed by atoms with Crippen LogP contribution in [-0.4, -0.2) is 34.7 Å². The van der Waals surface area contributed by atoms with Crippen molar-refractivity contribution in [2.45, 2.75) is 6.54 Å². The molecule has 0 bridgehead atoms.